The number of ether oxygens (including phenoxy) is 2. The summed E-state index contributed by atoms with van der Waals surface area (Å²) in [7, 11) is 1.69. The van der Waals surface area contributed by atoms with Gasteiger partial charge < -0.3 is 9.47 Å². The van der Waals surface area contributed by atoms with Crippen molar-refractivity contribution < 1.29 is 14.3 Å². The normalized spacial score (nSPS) is 10.5. The average molecular weight is 318 g/mol. The first-order valence-corrected chi connectivity index (χ1v) is 8.41. The largest absolute Gasteiger partial charge is 0.496 e. The van der Waals surface area contributed by atoms with Crippen LogP contribution in [0.4, 0.5) is 0 Å². The molecule has 2 aromatic rings. The van der Waals surface area contributed by atoms with Gasteiger partial charge in [0, 0.05) is 4.88 Å². The molecule has 0 atom stereocenters. The van der Waals surface area contributed by atoms with Crippen molar-refractivity contribution in [3.05, 3.63) is 51.2 Å². The number of para-hydroxylation sites is 1. The van der Waals surface area contributed by atoms with Crippen molar-refractivity contribution in [1.29, 1.82) is 0 Å². The summed E-state index contributed by atoms with van der Waals surface area (Å²) in [6.07, 6.45) is 2.79. The number of hydrogen-bond acceptors (Lipinski definition) is 4. The average Bonchev–Trinajstić information content (AvgIpc) is 2.89. The van der Waals surface area contributed by atoms with Crippen LogP contribution in [0, 0.1) is 6.92 Å². The third-order valence-corrected chi connectivity index (χ3v) is 4.74. The van der Waals surface area contributed by atoms with E-state index in [2.05, 4.69) is 6.07 Å². The van der Waals surface area contributed by atoms with Crippen molar-refractivity contribution in [2.45, 2.75) is 33.1 Å². The number of benzene rings is 1. The zero-order chi connectivity index (χ0) is 15.9. The standard InChI is InChI=1S/C18H22O3S/c1-4-21-18(19)17-13(2)12-22-16(17)11-7-9-14-8-5-6-10-15(14)20-3/h5-6,8,10,12H,4,7,9,11H2,1-3H3. The highest BCUT2D eigenvalue weighted by atomic mass is 32.1. The first-order valence-electron chi connectivity index (χ1n) is 7.53. The van der Waals surface area contributed by atoms with Gasteiger partial charge in [0.05, 0.1) is 19.3 Å². The monoisotopic (exact) mass is 318 g/mol. The Hall–Kier alpha value is -1.81. The molecule has 0 bridgehead atoms. The molecule has 0 N–H and O–H groups in total. The number of hydrogen-bond donors (Lipinski definition) is 0. The highest BCUT2D eigenvalue weighted by Gasteiger charge is 2.17. The number of carbonyl (C=O) groups excluding carboxylic acids is 1. The summed E-state index contributed by atoms with van der Waals surface area (Å²) in [5, 5.41) is 2.03. The Morgan fingerprint density at radius 3 is 2.73 bits per heavy atom. The lowest BCUT2D eigenvalue weighted by Crippen LogP contribution is -2.07. The molecule has 0 aliphatic rings. The van der Waals surface area contributed by atoms with E-state index in [1.54, 1.807) is 18.4 Å². The zero-order valence-electron chi connectivity index (χ0n) is 13.3. The lowest BCUT2D eigenvalue weighted by molar-refractivity contribution is 0.0525. The van der Waals surface area contributed by atoms with Gasteiger partial charge >= 0.3 is 5.97 Å². The molecule has 1 heterocycles. The molecular weight excluding hydrogens is 296 g/mol. The molecule has 0 fully saturated rings. The SMILES string of the molecule is CCOC(=O)c1c(C)csc1CCCc1ccccc1OC. The van der Waals surface area contributed by atoms with E-state index >= 15 is 0 Å². The van der Waals surface area contributed by atoms with Gasteiger partial charge in [0.15, 0.2) is 0 Å². The molecule has 22 heavy (non-hydrogen) atoms. The van der Waals surface area contributed by atoms with Crippen LogP contribution < -0.4 is 4.74 Å². The smallest absolute Gasteiger partial charge is 0.339 e. The minimum atomic E-state index is -0.200. The fourth-order valence-corrected chi connectivity index (χ4v) is 3.57. The zero-order valence-corrected chi connectivity index (χ0v) is 14.2. The third-order valence-electron chi connectivity index (χ3n) is 3.57. The Bertz CT molecular complexity index is 631. The van der Waals surface area contributed by atoms with Gasteiger partial charge in [-0.3, -0.25) is 0 Å². The molecule has 3 nitrogen and oxygen atoms in total. The number of rotatable bonds is 7. The Labute approximate surface area is 135 Å². The summed E-state index contributed by atoms with van der Waals surface area (Å²) in [6.45, 7) is 4.21. The lowest BCUT2D eigenvalue weighted by Gasteiger charge is -2.08. The van der Waals surface area contributed by atoms with Crippen molar-refractivity contribution >= 4 is 17.3 Å². The Morgan fingerprint density at radius 2 is 2.00 bits per heavy atom. The van der Waals surface area contributed by atoms with Crippen molar-refractivity contribution in [2.75, 3.05) is 13.7 Å². The minimum Gasteiger partial charge on any atom is -0.496 e. The minimum absolute atomic E-state index is 0.200. The number of thiophene rings is 1. The predicted molar refractivity (Wildman–Crippen MR) is 90.0 cm³/mol. The van der Waals surface area contributed by atoms with Crippen LogP contribution in [-0.2, 0) is 17.6 Å². The van der Waals surface area contributed by atoms with Gasteiger partial charge in [-0.25, -0.2) is 4.79 Å². The molecule has 0 saturated carbocycles. The summed E-state index contributed by atoms with van der Waals surface area (Å²) in [4.78, 5) is 13.2. The first kappa shape index (κ1) is 16.6. The summed E-state index contributed by atoms with van der Waals surface area (Å²) in [5.41, 5.74) is 2.97. The van der Waals surface area contributed by atoms with E-state index in [4.69, 9.17) is 9.47 Å². The van der Waals surface area contributed by atoms with Crippen LogP contribution in [0.1, 0.15) is 39.7 Å². The van der Waals surface area contributed by atoms with Crippen LogP contribution in [0.2, 0.25) is 0 Å². The molecular formula is C18H22O3S. The molecule has 1 aromatic heterocycles. The van der Waals surface area contributed by atoms with Crippen molar-refractivity contribution in [2.24, 2.45) is 0 Å². The van der Waals surface area contributed by atoms with Crippen LogP contribution in [0.5, 0.6) is 5.75 Å². The van der Waals surface area contributed by atoms with Gasteiger partial charge in [0.2, 0.25) is 0 Å². The maximum absolute atomic E-state index is 12.0. The molecule has 0 spiro atoms. The second kappa shape index (κ2) is 7.99. The molecule has 1 aromatic carbocycles. The van der Waals surface area contributed by atoms with Crippen LogP contribution in [-0.4, -0.2) is 19.7 Å². The van der Waals surface area contributed by atoms with Gasteiger partial charge in [-0.2, -0.15) is 0 Å². The summed E-state index contributed by atoms with van der Waals surface area (Å²) < 4.78 is 10.5. The van der Waals surface area contributed by atoms with Gasteiger partial charge in [-0.15, -0.1) is 11.3 Å². The van der Waals surface area contributed by atoms with E-state index in [9.17, 15) is 4.79 Å². The molecule has 0 saturated heterocycles. The van der Waals surface area contributed by atoms with Crippen LogP contribution in [0.25, 0.3) is 0 Å². The Kier molecular flexibility index (Phi) is 6.01. The lowest BCUT2D eigenvalue weighted by atomic mass is 10.0. The number of esters is 1. The van der Waals surface area contributed by atoms with E-state index in [1.165, 1.54) is 5.56 Å². The quantitative estimate of drug-likeness (QED) is 0.709. The molecule has 0 radical (unpaired) electrons. The van der Waals surface area contributed by atoms with E-state index < -0.39 is 0 Å². The fraction of sp³-hybridized carbons (Fsp3) is 0.389. The van der Waals surface area contributed by atoms with Crippen LogP contribution in [0.15, 0.2) is 29.6 Å². The van der Waals surface area contributed by atoms with Crippen molar-refractivity contribution in [1.82, 2.24) is 0 Å². The van der Waals surface area contributed by atoms with Crippen LogP contribution in [0.3, 0.4) is 0 Å². The number of methoxy groups -OCH3 is 1. The number of carbonyl (C=O) groups is 1. The highest BCUT2D eigenvalue weighted by molar-refractivity contribution is 7.10. The van der Waals surface area contributed by atoms with Gasteiger partial charge in [-0.1, -0.05) is 18.2 Å². The summed E-state index contributed by atoms with van der Waals surface area (Å²) in [5.74, 6) is 0.726. The topological polar surface area (TPSA) is 35.5 Å². The fourth-order valence-electron chi connectivity index (χ4n) is 2.51. The predicted octanol–water partition coefficient (Wildman–Crippen LogP) is 4.42. The molecule has 2 rings (SSSR count). The van der Waals surface area contributed by atoms with Gasteiger partial charge in [0.1, 0.15) is 5.75 Å². The van der Waals surface area contributed by atoms with E-state index in [0.29, 0.717) is 6.61 Å². The molecule has 0 aliphatic carbocycles. The van der Waals surface area contributed by atoms with Crippen molar-refractivity contribution in [3.63, 3.8) is 0 Å². The maximum Gasteiger partial charge on any atom is 0.339 e. The van der Waals surface area contributed by atoms with Crippen LogP contribution >= 0.6 is 11.3 Å². The molecule has 0 aliphatic heterocycles. The van der Waals surface area contributed by atoms with E-state index in [-0.39, 0.29) is 5.97 Å². The summed E-state index contributed by atoms with van der Waals surface area (Å²) in [6, 6.07) is 8.07. The van der Waals surface area contributed by atoms with E-state index in [0.717, 1.165) is 41.0 Å². The molecule has 0 amide bonds. The van der Waals surface area contributed by atoms with Gasteiger partial charge in [0.25, 0.3) is 0 Å². The van der Waals surface area contributed by atoms with Gasteiger partial charge in [-0.05, 0) is 55.7 Å². The second-order valence-corrected chi connectivity index (χ2v) is 6.07. The maximum atomic E-state index is 12.0. The van der Waals surface area contributed by atoms with E-state index in [1.807, 2.05) is 37.4 Å². The highest BCUT2D eigenvalue weighted by Crippen LogP contribution is 2.26. The molecule has 0 unspecified atom stereocenters. The number of aryl methyl sites for hydroxylation is 3. The third kappa shape index (κ3) is 3.89. The molecule has 4 heteroatoms. The molecule has 118 valence electrons. The van der Waals surface area contributed by atoms with Crippen molar-refractivity contribution in [3.8, 4) is 5.75 Å². The second-order valence-electron chi connectivity index (χ2n) is 5.10. The Morgan fingerprint density at radius 1 is 1.23 bits per heavy atom. The Balaban J connectivity index is 2.02. The summed E-state index contributed by atoms with van der Waals surface area (Å²) >= 11 is 1.64. The first-order chi connectivity index (χ1) is 10.7.